The molecule has 1 aliphatic carbocycles. The van der Waals surface area contributed by atoms with E-state index in [0.717, 1.165) is 42.3 Å². The van der Waals surface area contributed by atoms with Crippen LogP contribution in [0.25, 0.3) is 10.9 Å². The number of fused-ring (bicyclic) bond motifs is 1. The summed E-state index contributed by atoms with van der Waals surface area (Å²) in [6, 6.07) is 9.25. The first kappa shape index (κ1) is 22.1. The smallest absolute Gasteiger partial charge is 0.274 e. The molecule has 1 aromatic carbocycles. The number of ketones is 1. The lowest BCUT2D eigenvalue weighted by Crippen LogP contribution is -2.22. The first-order chi connectivity index (χ1) is 15.1. The Hall–Kier alpha value is -3.06. The zero-order valence-corrected chi connectivity index (χ0v) is 19.1. The molecule has 2 aromatic heterocycles. The Labute approximate surface area is 187 Å². The van der Waals surface area contributed by atoms with E-state index in [0.29, 0.717) is 16.9 Å². The second-order valence-electron chi connectivity index (χ2n) is 9.36. The summed E-state index contributed by atoms with van der Waals surface area (Å²) in [5.41, 5.74) is 1.82. The van der Waals surface area contributed by atoms with Crippen LogP contribution in [0.1, 0.15) is 74.2 Å². The highest BCUT2D eigenvalue weighted by atomic mass is 16.3. The summed E-state index contributed by atoms with van der Waals surface area (Å²) in [6.45, 7) is 6.89. The molecular weight excluding hydrogens is 404 g/mol. The Morgan fingerprint density at radius 2 is 1.88 bits per heavy atom. The number of aromatic nitrogens is 3. The van der Waals surface area contributed by atoms with Crippen LogP contribution in [0, 0.1) is 12.8 Å². The maximum atomic E-state index is 12.8. The van der Waals surface area contributed by atoms with Gasteiger partial charge in [0.1, 0.15) is 11.5 Å². The van der Waals surface area contributed by atoms with Crippen LogP contribution in [0.15, 0.2) is 36.5 Å². The molecule has 0 aliphatic heterocycles. The van der Waals surface area contributed by atoms with E-state index in [1.165, 1.54) is 0 Å². The number of amides is 1. The first-order valence-corrected chi connectivity index (χ1v) is 11.1. The number of aryl methyl sites for hydroxylation is 1. The second-order valence-corrected chi connectivity index (χ2v) is 9.36. The van der Waals surface area contributed by atoms with Gasteiger partial charge >= 0.3 is 0 Å². The molecule has 4 rings (SSSR count). The second kappa shape index (κ2) is 8.47. The van der Waals surface area contributed by atoms with Gasteiger partial charge in [-0.1, -0.05) is 6.07 Å². The summed E-state index contributed by atoms with van der Waals surface area (Å²) in [5, 5.41) is 19.3. The van der Waals surface area contributed by atoms with E-state index in [9.17, 15) is 14.7 Å². The van der Waals surface area contributed by atoms with Crippen molar-refractivity contribution < 1.29 is 14.7 Å². The summed E-state index contributed by atoms with van der Waals surface area (Å²) in [6.07, 6.45) is 5.59. The van der Waals surface area contributed by atoms with Crippen molar-refractivity contribution >= 4 is 28.3 Å². The minimum absolute atomic E-state index is 0.162. The maximum absolute atomic E-state index is 12.8. The lowest BCUT2D eigenvalue weighted by Gasteiger charge is -2.27. The number of pyridine rings is 1. The molecule has 0 unspecified atom stereocenters. The standard InChI is InChI=1S/C25H30N4O3/c1-15-6-5-7-21(26-15)24(31)27-23-12-18-14-29(19-10-8-17(9-11-19)16(2)30)28-22(18)13-20(23)25(3,4)32/h5-7,12-14,17,19,32H,8-11H2,1-4H3,(H,27,31). The van der Waals surface area contributed by atoms with Crippen LogP contribution in [0.2, 0.25) is 0 Å². The van der Waals surface area contributed by atoms with Crippen molar-refractivity contribution in [3.05, 3.63) is 53.5 Å². The van der Waals surface area contributed by atoms with Gasteiger partial charge < -0.3 is 10.4 Å². The van der Waals surface area contributed by atoms with Gasteiger partial charge in [0.15, 0.2) is 0 Å². The molecule has 168 valence electrons. The molecule has 1 saturated carbocycles. The maximum Gasteiger partial charge on any atom is 0.274 e. The predicted octanol–water partition coefficient (Wildman–Crippen LogP) is 4.54. The Bertz CT molecular complexity index is 1170. The third-order valence-corrected chi connectivity index (χ3v) is 6.34. The average Bonchev–Trinajstić information content (AvgIpc) is 3.15. The fourth-order valence-corrected chi connectivity index (χ4v) is 4.49. The summed E-state index contributed by atoms with van der Waals surface area (Å²) < 4.78 is 1.98. The summed E-state index contributed by atoms with van der Waals surface area (Å²) in [5.74, 6) is 0.107. The molecule has 0 radical (unpaired) electrons. The Morgan fingerprint density at radius 1 is 1.16 bits per heavy atom. The van der Waals surface area contributed by atoms with Gasteiger partial charge in [-0.2, -0.15) is 5.10 Å². The van der Waals surface area contributed by atoms with E-state index in [1.54, 1.807) is 32.9 Å². The Kier molecular flexibility index (Phi) is 5.86. The van der Waals surface area contributed by atoms with E-state index in [4.69, 9.17) is 5.10 Å². The van der Waals surface area contributed by atoms with Crippen molar-refractivity contribution in [1.82, 2.24) is 14.8 Å². The molecule has 2 heterocycles. The summed E-state index contributed by atoms with van der Waals surface area (Å²) in [7, 11) is 0. The van der Waals surface area contributed by atoms with Crippen LogP contribution in [0.4, 0.5) is 5.69 Å². The zero-order valence-electron chi connectivity index (χ0n) is 19.1. The van der Waals surface area contributed by atoms with Crippen LogP contribution in [0.5, 0.6) is 0 Å². The number of nitrogens with zero attached hydrogens (tertiary/aromatic N) is 3. The molecule has 1 aliphatic rings. The highest BCUT2D eigenvalue weighted by Crippen LogP contribution is 2.35. The number of Topliss-reactive ketones (excluding diaryl/α,β-unsaturated/α-hetero) is 1. The van der Waals surface area contributed by atoms with Gasteiger partial charge in [-0.3, -0.25) is 14.3 Å². The molecule has 3 aromatic rings. The number of carbonyl (C=O) groups excluding carboxylic acids is 2. The highest BCUT2D eigenvalue weighted by Gasteiger charge is 2.27. The van der Waals surface area contributed by atoms with Crippen molar-refractivity contribution in [2.24, 2.45) is 5.92 Å². The first-order valence-electron chi connectivity index (χ1n) is 11.1. The van der Waals surface area contributed by atoms with Crippen molar-refractivity contribution in [2.45, 2.75) is 65.0 Å². The van der Waals surface area contributed by atoms with E-state index < -0.39 is 5.60 Å². The van der Waals surface area contributed by atoms with Crippen molar-refractivity contribution in [3.63, 3.8) is 0 Å². The highest BCUT2D eigenvalue weighted by molar-refractivity contribution is 6.04. The molecule has 0 saturated heterocycles. The molecule has 0 atom stereocenters. The molecule has 1 fully saturated rings. The molecule has 0 spiro atoms. The van der Waals surface area contributed by atoms with Crippen molar-refractivity contribution in [2.75, 3.05) is 5.32 Å². The average molecular weight is 435 g/mol. The normalized spacial score (nSPS) is 19.2. The predicted molar refractivity (Wildman–Crippen MR) is 124 cm³/mol. The van der Waals surface area contributed by atoms with E-state index in [2.05, 4.69) is 10.3 Å². The number of hydrogen-bond acceptors (Lipinski definition) is 5. The van der Waals surface area contributed by atoms with Crippen molar-refractivity contribution in [3.8, 4) is 0 Å². The molecule has 2 N–H and O–H groups in total. The van der Waals surface area contributed by atoms with Crippen LogP contribution in [-0.4, -0.2) is 31.6 Å². The quantitative estimate of drug-likeness (QED) is 0.614. The topological polar surface area (TPSA) is 97.1 Å². The molecule has 7 nitrogen and oxygen atoms in total. The number of rotatable bonds is 5. The van der Waals surface area contributed by atoms with Crippen LogP contribution >= 0.6 is 0 Å². The van der Waals surface area contributed by atoms with Gasteiger partial charge in [0, 0.05) is 34.4 Å². The third-order valence-electron chi connectivity index (χ3n) is 6.34. The number of nitrogens with one attached hydrogen (secondary N) is 1. The number of benzene rings is 1. The zero-order chi connectivity index (χ0) is 23.0. The molecule has 7 heteroatoms. The van der Waals surface area contributed by atoms with Gasteiger partial charge in [-0.15, -0.1) is 0 Å². The van der Waals surface area contributed by atoms with Gasteiger partial charge in [0.25, 0.3) is 5.91 Å². The molecule has 0 bridgehead atoms. The van der Waals surface area contributed by atoms with Gasteiger partial charge in [-0.05, 0) is 77.6 Å². The minimum atomic E-state index is -1.17. The number of hydrogen-bond donors (Lipinski definition) is 2. The molecular formula is C25H30N4O3. The third kappa shape index (κ3) is 4.58. The van der Waals surface area contributed by atoms with E-state index in [-0.39, 0.29) is 23.7 Å². The number of aliphatic hydroxyl groups is 1. The summed E-state index contributed by atoms with van der Waals surface area (Å²) in [4.78, 5) is 28.8. The fourth-order valence-electron chi connectivity index (χ4n) is 4.49. The summed E-state index contributed by atoms with van der Waals surface area (Å²) >= 11 is 0. The van der Waals surface area contributed by atoms with Gasteiger partial charge in [0.05, 0.1) is 17.2 Å². The van der Waals surface area contributed by atoms with E-state index >= 15 is 0 Å². The van der Waals surface area contributed by atoms with Crippen LogP contribution in [0.3, 0.4) is 0 Å². The van der Waals surface area contributed by atoms with Crippen LogP contribution < -0.4 is 5.32 Å². The number of anilines is 1. The van der Waals surface area contributed by atoms with Gasteiger partial charge in [-0.25, -0.2) is 4.98 Å². The Morgan fingerprint density at radius 3 is 2.50 bits per heavy atom. The molecule has 1 amide bonds. The fraction of sp³-hybridized carbons (Fsp3) is 0.440. The largest absolute Gasteiger partial charge is 0.386 e. The van der Waals surface area contributed by atoms with Crippen LogP contribution in [-0.2, 0) is 10.4 Å². The monoisotopic (exact) mass is 434 g/mol. The molecule has 32 heavy (non-hydrogen) atoms. The SMILES string of the molecule is CC(=O)C1CCC(n2cc3cc(NC(=O)c4cccc(C)n4)c(C(C)(C)O)cc3n2)CC1. The Balaban J connectivity index is 1.65. The minimum Gasteiger partial charge on any atom is -0.386 e. The van der Waals surface area contributed by atoms with Crippen molar-refractivity contribution in [1.29, 1.82) is 0 Å². The van der Waals surface area contributed by atoms with E-state index in [1.807, 2.05) is 36.0 Å². The lowest BCUT2D eigenvalue weighted by molar-refractivity contribution is -0.121. The van der Waals surface area contributed by atoms with Gasteiger partial charge in [0.2, 0.25) is 0 Å². The number of carbonyl (C=O) groups is 2. The lowest BCUT2D eigenvalue weighted by atomic mass is 9.84.